The summed E-state index contributed by atoms with van der Waals surface area (Å²) in [5.74, 6) is 0.474. The highest BCUT2D eigenvalue weighted by molar-refractivity contribution is 7.92. The third-order valence-electron chi connectivity index (χ3n) is 5.29. The molecule has 0 saturated heterocycles. The maximum atomic E-state index is 12.7. The smallest absolute Gasteiger partial charge is 0.261 e. The average Bonchev–Trinajstić information content (AvgIpc) is 2.80. The highest BCUT2D eigenvalue weighted by Gasteiger charge is 2.18. The van der Waals surface area contributed by atoms with Crippen LogP contribution in [0.1, 0.15) is 27.5 Å². The van der Waals surface area contributed by atoms with Crippen LogP contribution in [0.4, 0.5) is 5.69 Å². The van der Waals surface area contributed by atoms with Crippen LogP contribution >= 0.6 is 0 Å². The first-order valence-corrected chi connectivity index (χ1v) is 12.0. The molecule has 0 spiro atoms. The Hall–Kier alpha value is -3.36. The average molecular weight is 468 g/mol. The number of anilines is 1. The van der Waals surface area contributed by atoms with Gasteiger partial charge in [0.25, 0.3) is 15.9 Å². The van der Waals surface area contributed by atoms with Crippen LogP contribution < -0.4 is 14.8 Å². The molecule has 1 unspecified atom stereocenters. The number of sulfonamides is 1. The van der Waals surface area contributed by atoms with Crippen molar-refractivity contribution in [1.29, 1.82) is 0 Å². The van der Waals surface area contributed by atoms with Gasteiger partial charge < -0.3 is 15.0 Å². The second-order valence-corrected chi connectivity index (χ2v) is 9.64. The minimum atomic E-state index is -3.75. The van der Waals surface area contributed by atoms with E-state index in [1.807, 2.05) is 62.3 Å². The summed E-state index contributed by atoms with van der Waals surface area (Å²) in [5, 5.41) is 2.93. The van der Waals surface area contributed by atoms with Crippen LogP contribution in [-0.4, -0.2) is 47.0 Å². The number of carbonyl (C=O) groups is 1. The maximum Gasteiger partial charge on any atom is 0.261 e. The highest BCUT2D eigenvalue weighted by Crippen LogP contribution is 2.22. The van der Waals surface area contributed by atoms with Gasteiger partial charge in [0.2, 0.25) is 0 Å². The summed E-state index contributed by atoms with van der Waals surface area (Å²) in [5.41, 5.74) is 2.92. The molecular formula is C25H29N3O4S. The zero-order valence-electron chi connectivity index (χ0n) is 19.2. The lowest BCUT2D eigenvalue weighted by Crippen LogP contribution is -2.34. The monoisotopic (exact) mass is 467 g/mol. The molecule has 0 saturated carbocycles. The van der Waals surface area contributed by atoms with Gasteiger partial charge in [0.15, 0.2) is 0 Å². The molecule has 0 aromatic heterocycles. The second-order valence-electron chi connectivity index (χ2n) is 7.96. The summed E-state index contributed by atoms with van der Waals surface area (Å²) in [4.78, 5) is 14.8. The van der Waals surface area contributed by atoms with Gasteiger partial charge in [-0.1, -0.05) is 29.8 Å². The number of methoxy groups -OCH3 is 1. The molecule has 7 nitrogen and oxygen atoms in total. The molecule has 3 aromatic rings. The van der Waals surface area contributed by atoms with E-state index in [0.717, 1.165) is 16.9 Å². The maximum absolute atomic E-state index is 12.7. The first-order valence-electron chi connectivity index (χ1n) is 10.5. The second kappa shape index (κ2) is 10.5. The summed E-state index contributed by atoms with van der Waals surface area (Å²) in [7, 11) is 1.75. The highest BCUT2D eigenvalue weighted by atomic mass is 32.2. The molecule has 0 radical (unpaired) electrons. The molecule has 8 heteroatoms. The van der Waals surface area contributed by atoms with Crippen molar-refractivity contribution in [3.63, 3.8) is 0 Å². The predicted octanol–water partition coefficient (Wildman–Crippen LogP) is 3.84. The van der Waals surface area contributed by atoms with E-state index >= 15 is 0 Å². The Balaban J connectivity index is 1.67. The van der Waals surface area contributed by atoms with Crippen LogP contribution in [0.5, 0.6) is 5.75 Å². The quantitative estimate of drug-likeness (QED) is 0.499. The van der Waals surface area contributed by atoms with E-state index in [1.165, 1.54) is 24.3 Å². The molecule has 3 rings (SSSR count). The van der Waals surface area contributed by atoms with Crippen LogP contribution in [0.2, 0.25) is 0 Å². The van der Waals surface area contributed by atoms with E-state index in [9.17, 15) is 13.2 Å². The molecule has 3 aromatic carbocycles. The van der Waals surface area contributed by atoms with E-state index in [4.69, 9.17) is 4.74 Å². The molecule has 0 fully saturated rings. The summed E-state index contributed by atoms with van der Waals surface area (Å²) >= 11 is 0. The molecule has 0 aliphatic rings. The van der Waals surface area contributed by atoms with E-state index in [1.54, 1.807) is 19.2 Å². The van der Waals surface area contributed by atoms with Gasteiger partial charge in [-0.15, -0.1) is 0 Å². The Morgan fingerprint density at radius 2 is 1.67 bits per heavy atom. The molecule has 1 amide bonds. The largest absolute Gasteiger partial charge is 0.497 e. The van der Waals surface area contributed by atoms with Gasteiger partial charge in [0.05, 0.1) is 18.0 Å². The number of amides is 1. The molecule has 0 aliphatic heterocycles. The fourth-order valence-corrected chi connectivity index (χ4v) is 4.42. The number of hydrogen-bond donors (Lipinski definition) is 2. The Labute approximate surface area is 195 Å². The minimum Gasteiger partial charge on any atom is -0.497 e. The summed E-state index contributed by atoms with van der Waals surface area (Å²) in [6.45, 7) is 2.31. The van der Waals surface area contributed by atoms with Crippen molar-refractivity contribution in [3.05, 3.63) is 89.5 Å². The fraction of sp³-hybridized carbons (Fsp3) is 0.240. The van der Waals surface area contributed by atoms with E-state index in [2.05, 4.69) is 10.0 Å². The van der Waals surface area contributed by atoms with Gasteiger partial charge >= 0.3 is 0 Å². The van der Waals surface area contributed by atoms with Crippen molar-refractivity contribution in [1.82, 2.24) is 10.2 Å². The number of nitrogens with one attached hydrogen (secondary N) is 2. The molecule has 2 N–H and O–H groups in total. The SMILES string of the molecule is COc1cccc(C(CNC(=O)c2ccc(S(=O)(=O)Nc3ccc(C)cc3)cc2)N(C)C)c1. The zero-order chi connectivity index (χ0) is 24.0. The van der Waals surface area contributed by atoms with Crippen molar-refractivity contribution in [2.24, 2.45) is 0 Å². The van der Waals surface area contributed by atoms with Gasteiger partial charge in [0, 0.05) is 17.8 Å². The van der Waals surface area contributed by atoms with E-state index in [0.29, 0.717) is 17.8 Å². The van der Waals surface area contributed by atoms with E-state index < -0.39 is 10.0 Å². The van der Waals surface area contributed by atoms with Gasteiger partial charge in [0.1, 0.15) is 5.75 Å². The van der Waals surface area contributed by atoms with Crippen molar-refractivity contribution >= 4 is 21.6 Å². The van der Waals surface area contributed by atoms with Crippen molar-refractivity contribution in [2.75, 3.05) is 32.5 Å². The Bertz CT molecular complexity index is 1190. The van der Waals surface area contributed by atoms with Crippen LogP contribution in [-0.2, 0) is 10.0 Å². The van der Waals surface area contributed by atoms with Crippen molar-refractivity contribution in [2.45, 2.75) is 17.9 Å². The summed E-state index contributed by atoms with van der Waals surface area (Å²) in [6, 6.07) is 20.6. The molecule has 33 heavy (non-hydrogen) atoms. The van der Waals surface area contributed by atoms with Crippen LogP contribution in [0.15, 0.2) is 77.7 Å². The molecule has 0 aliphatic carbocycles. The number of likely N-dealkylation sites (N-methyl/N-ethyl adjacent to an activating group) is 1. The number of nitrogens with zero attached hydrogens (tertiary/aromatic N) is 1. The topological polar surface area (TPSA) is 87.7 Å². The first kappa shape index (κ1) is 24.3. The molecule has 0 bridgehead atoms. The summed E-state index contributed by atoms with van der Waals surface area (Å²) < 4.78 is 33.1. The molecule has 1 atom stereocenters. The Morgan fingerprint density at radius 1 is 1.00 bits per heavy atom. The molecule has 0 heterocycles. The fourth-order valence-electron chi connectivity index (χ4n) is 3.36. The number of rotatable bonds is 9. The van der Waals surface area contributed by atoms with Gasteiger partial charge in [-0.25, -0.2) is 8.42 Å². The number of hydrogen-bond acceptors (Lipinski definition) is 5. The minimum absolute atomic E-state index is 0.0533. The standard InChI is InChI=1S/C25H29N3O4S/c1-18-8-12-21(13-9-18)27-33(30,31)23-14-10-19(11-15-23)25(29)26-17-24(28(2)3)20-6-5-7-22(16-20)32-4/h5-16,24,27H,17H2,1-4H3,(H,26,29). The third kappa shape index (κ3) is 6.34. The Kier molecular flexibility index (Phi) is 7.73. The number of ether oxygens (including phenoxy) is 1. The zero-order valence-corrected chi connectivity index (χ0v) is 20.0. The number of aryl methyl sites for hydroxylation is 1. The van der Waals surface area contributed by atoms with E-state index in [-0.39, 0.29) is 16.8 Å². The third-order valence-corrected chi connectivity index (χ3v) is 6.69. The lowest BCUT2D eigenvalue weighted by Gasteiger charge is -2.25. The number of benzene rings is 3. The predicted molar refractivity (Wildman–Crippen MR) is 130 cm³/mol. The van der Waals surface area contributed by atoms with Gasteiger partial charge in [-0.2, -0.15) is 0 Å². The van der Waals surface area contributed by atoms with Crippen LogP contribution in [0, 0.1) is 6.92 Å². The first-order chi connectivity index (χ1) is 15.7. The number of carbonyl (C=O) groups excluding carboxylic acids is 1. The summed E-state index contributed by atoms with van der Waals surface area (Å²) in [6.07, 6.45) is 0. The van der Waals surface area contributed by atoms with Crippen LogP contribution in [0.25, 0.3) is 0 Å². The van der Waals surface area contributed by atoms with Gasteiger partial charge in [-0.05, 0) is 75.1 Å². The molecular weight excluding hydrogens is 438 g/mol. The molecule has 174 valence electrons. The van der Waals surface area contributed by atoms with Gasteiger partial charge in [-0.3, -0.25) is 9.52 Å². The normalized spacial score (nSPS) is 12.3. The van der Waals surface area contributed by atoms with Crippen molar-refractivity contribution < 1.29 is 17.9 Å². The van der Waals surface area contributed by atoms with Crippen LogP contribution in [0.3, 0.4) is 0 Å². The Morgan fingerprint density at radius 3 is 2.27 bits per heavy atom. The lowest BCUT2D eigenvalue weighted by atomic mass is 10.1. The lowest BCUT2D eigenvalue weighted by molar-refractivity contribution is 0.0942. The van der Waals surface area contributed by atoms with Crippen molar-refractivity contribution in [3.8, 4) is 5.75 Å².